The van der Waals surface area contributed by atoms with Gasteiger partial charge in [0.2, 0.25) is 0 Å². The van der Waals surface area contributed by atoms with Crippen LogP contribution in [0, 0.1) is 0 Å². The Balaban J connectivity index is 2.60. The van der Waals surface area contributed by atoms with Gasteiger partial charge in [0.05, 0.1) is 5.56 Å². The van der Waals surface area contributed by atoms with Gasteiger partial charge in [-0.25, -0.2) is 0 Å². The Labute approximate surface area is 113 Å². The molecule has 1 nitrogen and oxygen atoms in total. The summed E-state index contributed by atoms with van der Waals surface area (Å²) in [6, 6.07) is 10.2. The molecule has 0 aliphatic rings. The van der Waals surface area contributed by atoms with E-state index in [1.165, 1.54) is 6.07 Å². The lowest BCUT2D eigenvalue weighted by Gasteiger charge is -2.13. The normalized spacial score (nSPS) is 11.6. The third kappa shape index (κ3) is 3.08. The Bertz CT molecular complexity index is 593. The summed E-state index contributed by atoms with van der Waals surface area (Å²) >= 11 is 5.87. The molecule has 0 atom stereocenters. The average molecular weight is 286 g/mol. The van der Waals surface area contributed by atoms with E-state index in [2.05, 4.69) is 0 Å². The maximum absolute atomic E-state index is 12.7. The van der Waals surface area contributed by atoms with E-state index in [-0.39, 0.29) is 6.54 Å². The summed E-state index contributed by atoms with van der Waals surface area (Å²) in [6.45, 7) is 0.167. The molecule has 0 heterocycles. The van der Waals surface area contributed by atoms with Crippen LogP contribution in [0.4, 0.5) is 13.2 Å². The Hall–Kier alpha value is -1.52. The van der Waals surface area contributed by atoms with Gasteiger partial charge in [0, 0.05) is 11.6 Å². The largest absolute Gasteiger partial charge is 0.416 e. The molecule has 2 aromatic carbocycles. The summed E-state index contributed by atoms with van der Waals surface area (Å²) in [4.78, 5) is 0. The zero-order chi connectivity index (χ0) is 14.0. The lowest BCUT2D eigenvalue weighted by atomic mass is 9.97. The van der Waals surface area contributed by atoms with E-state index in [1.54, 1.807) is 24.3 Å². The van der Waals surface area contributed by atoms with Crippen molar-refractivity contribution < 1.29 is 13.2 Å². The fourth-order valence-corrected chi connectivity index (χ4v) is 2.05. The number of alkyl halides is 3. The Kier molecular flexibility index (Phi) is 3.83. The van der Waals surface area contributed by atoms with Crippen molar-refractivity contribution in [3.8, 4) is 11.1 Å². The molecule has 0 aromatic heterocycles. The van der Waals surface area contributed by atoms with Crippen LogP contribution >= 0.6 is 11.6 Å². The molecule has 5 heteroatoms. The van der Waals surface area contributed by atoms with E-state index >= 15 is 0 Å². The molecule has 0 aliphatic heterocycles. The summed E-state index contributed by atoms with van der Waals surface area (Å²) in [5.41, 5.74) is 6.61. The second-order valence-corrected chi connectivity index (χ2v) is 4.52. The van der Waals surface area contributed by atoms with Gasteiger partial charge in [0.1, 0.15) is 0 Å². The van der Waals surface area contributed by atoms with Gasteiger partial charge in [-0.2, -0.15) is 13.2 Å². The van der Waals surface area contributed by atoms with Crippen molar-refractivity contribution >= 4 is 11.6 Å². The summed E-state index contributed by atoms with van der Waals surface area (Å²) < 4.78 is 38.2. The fourth-order valence-electron chi connectivity index (χ4n) is 1.86. The number of halogens is 4. The number of hydrogen-bond donors (Lipinski definition) is 1. The third-order valence-corrected chi connectivity index (χ3v) is 3.03. The van der Waals surface area contributed by atoms with Crippen LogP contribution in [0.15, 0.2) is 42.5 Å². The molecule has 0 amide bonds. The van der Waals surface area contributed by atoms with Crippen LogP contribution in [0.5, 0.6) is 0 Å². The van der Waals surface area contributed by atoms with Crippen molar-refractivity contribution in [1.82, 2.24) is 0 Å². The Morgan fingerprint density at radius 2 is 1.79 bits per heavy atom. The molecule has 2 rings (SSSR count). The smallest absolute Gasteiger partial charge is 0.326 e. The van der Waals surface area contributed by atoms with Crippen molar-refractivity contribution in [1.29, 1.82) is 0 Å². The molecular formula is C14H11ClF3N. The first kappa shape index (κ1) is 13.9. The number of hydrogen-bond acceptors (Lipinski definition) is 1. The molecule has 0 radical (unpaired) electrons. The third-order valence-electron chi connectivity index (χ3n) is 2.79. The van der Waals surface area contributed by atoms with Crippen LogP contribution < -0.4 is 5.73 Å². The predicted octanol–water partition coefficient (Wildman–Crippen LogP) is 4.48. The van der Waals surface area contributed by atoms with Crippen LogP contribution in [-0.4, -0.2) is 0 Å². The van der Waals surface area contributed by atoms with Gasteiger partial charge in [-0.1, -0.05) is 29.8 Å². The highest BCUT2D eigenvalue weighted by molar-refractivity contribution is 6.30. The first-order chi connectivity index (χ1) is 8.91. The van der Waals surface area contributed by atoms with Crippen molar-refractivity contribution in [2.45, 2.75) is 12.7 Å². The molecule has 0 unspecified atom stereocenters. The van der Waals surface area contributed by atoms with E-state index in [0.717, 1.165) is 12.1 Å². The van der Waals surface area contributed by atoms with Gasteiger partial charge in [0.15, 0.2) is 0 Å². The molecule has 0 spiro atoms. The van der Waals surface area contributed by atoms with Gasteiger partial charge in [-0.15, -0.1) is 0 Å². The molecule has 19 heavy (non-hydrogen) atoms. The Morgan fingerprint density at radius 3 is 2.37 bits per heavy atom. The molecule has 2 aromatic rings. The summed E-state index contributed by atoms with van der Waals surface area (Å²) in [5, 5.41) is 0.470. The lowest BCUT2D eigenvalue weighted by Crippen LogP contribution is -2.07. The standard InChI is InChI=1S/C14H11ClF3N/c15-12-3-1-2-9(6-12)13-7-11(14(16,17)18)5-4-10(13)8-19/h1-7H,8,19H2. The minimum absolute atomic E-state index is 0.167. The van der Waals surface area contributed by atoms with Crippen LogP contribution in [0.3, 0.4) is 0 Å². The molecule has 2 N–H and O–H groups in total. The number of benzene rings is 2. The van der Waals surface area contributed by atoms with Crippen molar-refractivity contribution in [3.63, 3.8) is 0 Å². The van der Waals surface area contributed by atoms with E-state index in [9.17, 15) is 13.2 Å². The molecule has 0 fully saturated rings. The van der Waals surface area contributed by atoms with Gasteiger partial charge < -0.3 is 5.73 Å². The van der Waals surface area contributed by atoms with Crippen molar-refractivity contribution in [3.05, 3.63) is 58.6 Å². The molecule has 0 aliphatic carbocycles. The van der Waals surface area contributed by atoms with Crippen LogP contribution in [0.2, 0.25) is 5.02 Å². The van der Waals surface area contributed by atoms with Gasteiger partial charge in [0.25, 0.3) is 0 Å². The predicted molar refractivity (Wildman–Crippen MR) is 69.8 cm³/mol. The quantitative estimate of drug-likeness (QED) is 0.865. The average Bonchev–Trinajstić information content (AvgIpc) is 2.37. The first-order valence-corrected chi connectivity index (χ1v) is 5.96. The van der Waals surface area contributed by atoms with Crippen LogP contribution in [-0.2, 0) is 12.7 Å². The lowest BCUT2D eigenvalue weighted by molar-refractivity contribution is -0.137. The molecule has 0 bridgehead atoms. The number of rotatable bonds is 2. The second kappa shape index (κ2) is 5.23. The maximum Gasteiger partial charge on any atom is 0.416 e. The fraction of sp³-hybridized carbons (Fsp3) is 0.143. The maximum atomic E-state index is 12.7. The minimum atomic E-state index is -4.37. The van der Waals surface area contributed by atoms with Gasteiger partial charge in [-0.3, -0.25) is 0 Å². The molecular weight excluding hydrogens is 275 g/mol. The molecule has 0 saturated heterocycles. The SMILES string of the molecule is NCc1ccc(C(F)(F)F)cc1-c1cccc(Cl)c1. The summed E-state index contributed by atoms with van der Waals surface area (Å²) in [5.74, 6) is 0. The monoisotopic (exact) mass is 285 g/mol. The number of nitrogens with two attached hydrogens (primary N) is 1. The second-order valence-electron chi connectivity index (χ2n) is 4.08. The molecule has 0 saturated carbocycles. The van der Waals surface area contributed by atoms with Gasteiger partial charge >= 0.3 is 6.18 Å². The zero-order valence-electron chi connectivity index (χ0n) is 9.84. The minimum Gasteiger partial charge on any atom is -0.326 e. The van der Waals surface area contributed by atoms with E-state index in [4.69, 9.17) is 17.3 Å². The van der Waals surface area contributed by atoms with E-state index < -0.39 is 11.7 Å². The van der Waals surface area contributed by atoms with Crippen molar-refractivity contribution in [2.75, 3.05) is 0 Å². The highest BCUT2D eigenvalue weighted by Gasteiger charge is 2.31. The topological polar surface area (TPSA) is 26.0 Å². The Morgan fingerprint density at radius 1 is 1.05 bits per heavy atom. The highest BCUT2D eigenvalue weighted by atomic mass is 35.5. The summed E-state index contributed by atoms with van der Waals surface area (Å²) in [6.07, 6.45) is -4.37. The molecule has 100 valence electrons. The summed E-state index contributed by atoms with van der Waals surface area (Å²) in [7, 11) is 0. The first-order valence-electron chi connectivity index (χ1n) is 5.58. The van der Waals surface area contributed by atoms with E-state index in [1.807, 2.05) is 0 Å². The van der Waals surface area contributed by atoms with Gasteiger partial charge in [-0.05, 0) is 41.0 Å². The van der Waals surface area contributed by atoms with Crippen LogP contribution in [0.1, 0.15) is 11.1 Å². The van der Waals surface area contributed by atoms with Crippen molar-refractivity contribution in [2.24, 2.45) is 5.73 Å². The zero-order valence-corrected chi connectivity index (χ0v) is 10.6. The van der Waals surface area contributed by atoms with E-state index in [0.29, 0.717) is 21.7 Å². The van der Waals surface area contributed by atoms with Crippen LogP contribution in [0.25, 0.3) is 11.1 Å². The highest BCUT2D eigenvalue weighted by Crippen LogP contribution is 2.34.